The number of carbonyl (C=O) groups is 1. The summed E-state index contributed by atoms with van der Waals surface area (Å²) in [6.07, 6.45) is 4.22. The van der Waals surface area contributed by atoms with Gasteiger partial charge in [0, 0.05) is 18.0 Å². The molecule has 1 N–H and O–H groups in total. The number of nitrogens with one attached hydrogen (secondary N) is 1. The largest absolute Gasteiger partial charge is 0.356 e. The summed E-state index contributed by atoms with van der Waals surface area (Å²) in [6, 6.07) is 9.13. The molecule has 0 unspecified atom stereocenters. The van der Waals surface area contributed by atoms with Gasteiger partial charge in [0.05, 0.1) is 18.7 Å². The third-order valence-electron chi connectivity index (χ3n) is 4.70. The second kappa shape index (κ2) is 7.11. The third kappa shape index (κ3) is 3.37. The van der Waals surface area contributed by atoms with Crippen molar-refractivity contribution >= 4 is 16.9 Å². The number of nitrogens with zero attached hydrogens (tertiary/aromatic N) is 3. The minimum atomic E-state index is -0.157. The first-order valence-corrected chi connectivity index (χ1v) is 8.90. The molecule has 0 saturated heterocycles. The smallest absolute Gasteiger partial charge is 0.267 e. The predicted molar refractivity (Wildman–Crippen MR) is 95.9 cm³/mol. The van der Waals surface area contributed by atoms with Crippen LogP contribution >= 0.6 is 0 Å². The van der Waals surface area contributed by atoms with Crippen molar-refractivity contribution in [1.82, 2.24) is 20.3 Å². The van der Waals surface area contributed by atoms with Crippen LogP contribution in [0.15, 0.2) is 39.6 Å². The summed E-state index contributed by atoms with van der Waals surface area (Å²) < 4.78 is 6.65. The summed E-state index contributed by atoms with van der Waals surface area (Å²) in [5, 5.41) is 12.1. The van der Waals surface area contributed by atoms with Crippen molar-refractivity contribution in [2.24, 2.45) is 0 Å². The van der Waals surface area contributed by atoms with Crippen molar-refractivity contribution in [2.45, 2.75) is 38.6 Å². The van der Waals surface area contributed by atoms with Gasteiger partial charge in [0.15, 0.2) is 5.58 Å². The number of carbonyl (C=O) groups excluding carboxylic acids is 1. The van der Waals surface area contributed by atoms with E-state index in [0.29, 0.717) is 24.4 Å². The highest BCUT2D eigenvalue weighted by Crippen LogP contribution is 2.18. The third-order valence-corrected chi connectivity index (χ3v) is 4.70. The van der Waals surface area contributed by atoms with Gasteiger partial charge in [0.25, 0.3) is 5.56 Å². The van der Waals surface area contributed by atoms with Crippen LogP contribution in [0.4, 0.5) is 0 Å². The molecule has 0 spiro atoms. The Morgan fingerprint density at radius 3 is 3.00 bits per heavy atom. The molecule has 7 nitrogen and oxygen atoms in total. The normalized spacial score (nSPS) is 13.5. The molecule has 0 saturated carbocycles. The molecule has 0 atom stereocenters. The number of hydrogen-bond acceptors (Lipinski definition) is 5. The molecule has 7 heteroatoms. The Bertz CT molecular complexity index is 1010. The van der Waals surface area contributed by atoms with Crippen LogP contribution in [0.25, 0.3) is 11.0 Å². The molecule has 0 bridgehead atoms. The molecule has 3 aromatic rings. The zero-order valence-corrected chi connectivity index (χ0v) is 14.4. The second-order valence-corrected chi connectivity index (χ2v) is 6.54. The number of rotatable bonds is 5. The summed E-state index contributed by atoms with van der Waals surface area (Å²) >= 11 is 0. The molecule has 0 radical (unpaired) electrons. The van der Waals surface area contributed by atoms with Gasteiger partial charge in [-0.15, -0.1) is 0 Å². The van der Waals surface area contributed by atoms with E-state index in [1.54, 1.807) is 6.07 Å². The molecule has 0 fully saturated rings. The van der Waals surface area contributed by atoms with Gasteiger partial charge in [-0.25, -0.2) is 4.68 Å². The zero-order chi connectivity index (χ0) is 17.9. The molecule has 1 aromatic carbocycles. The standard InChI is InChI=1S/C19H20N4O3/c24-18(12-16-14-6-2-4-8-17(14)26-22-16)20-9-10-23-19(25)11-13-5-1-3-7-15(13)21-23/h2,4,6,8,11H,1,3,5,7,9-10,12H2,(H,20,24). The molecule has 26 heavy (non-hydrogen) atoms. The average Bonchev–Trinajstić information content (AvgIpc) is 3.05. The van der Waals surface area contributed by atoms with Gasteiger partial charge in [-0.05, 0) is 43.4 Å². The molecule has 4 rings (SSSR count). The van der Waals surface area contributed by atoms with Crippen LogP contribution in [0.3, 0.4) is 0 Å². The maximum absolute atomic E-state index is 12.2. The Hall–Kier alpha value is -2.96. The van der Waals surface area contributed by atoms with Gasteiger partial charge < -0.3 is 9.84 Å². The van der Waals surface area contributed by atoms with Gasteiger partial charge in [-0.2, -0.15) is 5.10 Å². The summed E-state index contributed by atoms with van der Waals surface area (Å²) in [4.78, 5) is 24.3. The lowest BCUT2D eigenvalue weighted by atomic mass is 9.97. The second-order valence-electron chi connectivity index (χ2n) is 6.54. The summed E-state index contributed by atoms with van der Waals surface area (Å²) in [5.41, 5.74) is 3.25. The van der Waals surface area contributed by atoms with Crippen molar-refractivity contribution in [1.29, 1.82) is 0 Å². The molecule has 134 valence electrons. The Morgan fingerprint density at radius 1 is 1.23 bits per heavy atom. The van der Waals surface area contributed by atoms with Gasteiger partial charge in [0.2, 0.25) is 5.91 Å². The summed E-state index contributed by atoms with van der Waals surface area (Å²) in [7, 11) is 0. The lowest BCUT2D eigenvalue weighted by Gasteiger charge is -2.15. The summed E-state index contributed by atoms with van der Waals surface area (Å²) in [6.45, 7) is 0.706. The van der Waals surface area contributed by atoms with Gasteiger partial charge in [0.1, 0.15) is 5.69 Å². The van der Waals surface area contributed by atoms with E-state index >= 15 is 0 Å². The Morgan fingerprint density at radius 2 is 2.08 bits per heavy atom. The average molecular weight is 352 g/mol. The minimum absolute atomic E-state index is 0.109. The number of aromatic nitrogens is 3. The Labute approximate surface area is 150 Å². The zero-order valence-electron chi connectivity index (χ0n) is 14.4. The van der Waals surface area contributed by atoms with Crippen LogP contribution in [0.1, 0.15) is 29.8 Å². The number of hydrogen-bond donors (Lipinski definition) is 1. The van der Waals surface area contributed by atoms with Crippen LogP contribution in [0, 0.1) is 0 Å². The van der Waals surface area contributed by atoms with Crippen molar-refractivity contribution in [2.75, 3.05) is 6.54 Å². The molecule has 1 aliphatic carbocycles. The Kier molecular flexibility index (Phi) is 4.51. The maximum atomic E-state index is 12.2. The number of benzene rings is 1. The topological polar surface area (TPSA) is 90.0 Å². The van der Waals surface area contributed by atoms with Crippen LogP contribution < -0.4 is 10.9 Å². The number of aryl methyl sites for hydroxylation is 2. The molecule has 1 amide bonds. The lowest BCUT2D eigenvalue weighted by Crippen LogP contribution is -2.33. The van der Waals surface area contributed by atoms with E-state index in [-0.39, 0.29) is 17.9 Å². The van der Waals surface area contributed by atoms with Crippen molar-refractivity contribution < 1.29 is 9.32 Å². The maximum Gasteiger partial charge on any atom is 0.267 e. The summed E-state index contributed by atoms with van der Waals surface area (Å²) in [5.74, 6) is -0.157. The number of para-hydroxylation sites is 1. The van der Waals surface area contributed by atoms with Crippen LogP contribution in [0.5, 0.6) is 0 Å². The van der Waals surface area contributed by atoms with Gasteiger partial charge in [-0.3, -0.25) is 9.59 Å². The molecule has 1 aliphatic rings. The van der Waals surface area contributed by atoms with E-state index in [9.17, 15) is 9.59 Å². The minimum Gasteiger partial charge on any atom is -0.356 e. The van der Waals surface area contributed by atoms with Crippen LogP contribution in [0.2, 0.25) is 0 Å². The number of fused-ring (bicyclic) bond motifs is 2. The van der Waals surface area contributed by atoms with Gasteiger partial charge >= 0.3 is 0 Å². The molecule has 0 aliphatic heterocycles. The highest BCUT2D eigenvalue weighted by atomic mass is 16.5. The molecule has 2 aromatic heterocycles. The SMILES string of the molecule is O=C(Cc1noc2ccccc12)NCCn1nc2c(cc1=O)CCCC2. The van der Waals surface area contributed by atoms with Crippen molar-refractivity contribution in [3.8, 4) is 0 Å². The Balaban J connectivity index is 1.36. The predicted octanol–water partition coefficient (Wildman–Crippen LogP) is 1.62. The van der Waals surface area contributed by atoms with E-state index in [2.05, 4.69) is 15.6 Å². The van der Waals surface area contributed by atoms with Gasteiger partial charge in [-0.1, -0.05) is 17.3 Å². The fourth-order valence-electron chi connectivity index (χ4n) is 3.34. The first-order chi connectivity index (χ1) is 12.7. The molecular formula is C19H20N4O3. The molecule has 2 heterocycles. The van der Waals surface area contributed by atoms with E-state index in [1.807, 2.05) is 24.3 Å². The quantitative estimate of drug-likeness (QED) is 0.754. The molecular weight excluding hydrogens is 332 g/mol. The highest BCUT2D eigenvalue weighted by Gasteiger charge is 2.14. The van der Waals surface area contributed by atoms with Crippen LogP contribution in [-0.4, -0.2) is 27.4 Å². The fourth-order valence-corrected chi connectivity index (χ4v) is 3.34. The highest BCUT2D eigenvalue weighted by molar-refractivity contribution is 5.86. The lowest BCUT2D eigenvalue weighted by molar-refractivity contribution is -0.120. The van der Waals surface area contributed by atoms with E-state index < -0.39 is 0 Å². The fraction of sp³-hybridized carbons (Fsp3) is 0.368. The van der Waals surface area contributed by atoms with Crippen molar-refractivity contribution in [3.63, 3.8) is 0 Å². The first kappa shape index (κ1) is 16.5. The van der Waals surface area contributed by atoms with E-state index in [0.717, 1.165) is 42.3 Å². The van der Waals surface area contributed by atoms with E-state index in [4.69, 9.17) is 4.52 Å². The van der Waals surface area contributed by atoms with Crippen LogP contribution in [-0.2, 0) is 30.6 Å². The number of amides is 1. The van der Waals surface area contributed by atoms with Crippen molar-refractivity contribution in [3.05, 3.63) is 57.6 Å². The monoisotopic (exact) mass is 352 g/mol. The first-order valence-electron chi connectivity index (χ1n) is 8.90. The van der Waals surface area contributed by atoms with E-state index in [1.165, 1.54) is 4.68 Å².